The molecular weight excluding hydrogens is 424 g/mol. The molecule has 0 radical (unpaired) electrons. The van der Waals surface area contributed by atoms with Crippen LogP contribution >= 0.6 is 0 Å². The van der Waals surface area contributed by atoms with E-state index in [2.05, 4.69) is 20.5 Å². The highest BCUT2D eigenvalue weighted by atomic mass is 16.5. The van der Waals surface area contributed by atoms with Crippen molar-refractivity contribution in [3.63, 3.8) is 0 Å². The van der Waals surface area contributed by atoms with Gasteiger partial charge in [0.05, 0.1) is 35.5 Å². The molecule has 33 heavy (non-hydrogen) atoms. The summed E-state index contributed by atoms with van der Waals surface area (Å²) < 4.78 is 13.2. The van der Waals surface area contributed by atoms with Crippen LogP contribution < -0.4 is 4.74 Å². The van der Waals surface area contributed by atoms with Crippen molar-refractivity contribution in [2.75, 3.05) is 0 Å². The highest BCUT2D eigenvalue weighted by Gasteiger charge is 2.29. The molecule has 5 rings (SSSR count). The summed E-state index contributed by atoms with van der Waals surface area (Å²) >= 11 is 0. The first kappa shape index (κ1) is 21.5. The van der Waals surface area contributed by atoms with E-state index in [1.807, 2.05) is 26.1 Å². The van der Waals surface area contributed by atoms with Crippen LogP contribution in [0.4, 0.5) is 0 Å². The van der Waals surface area contributed by atoms with E-state index in [9.17, 15) is 9.90 Å². The number of aromatic nitrogens is 6. The highest BCUT2D eigenvalue weighted by Crippen LogP contribution is 2.33. The zero-order chi connectivity index (χ0) is 22.9. The van der Waals surface area contributed by atoms with Gasteiger partial charge in [0.25, 0.3) is 0 Å². The number of hydrogen-bond acceptors (Lipinski definition) is 8. The normalized spacial score (nSPS) is 20.7. The zero-order valence-electron chi connectivity index (χ0n) is 18.9. The number of ether oxygens (including phenoxy) is 1. The Labute approximate surface area is 191 Å². The van der Waals surface area contributed by atoms with E-state index in [4.69, 9.17) is 14.2 Å². The maximum Gasteiger partial charge on any atom is 0.306 e. The molecule has 10 nitrogen and oxygen atoms in total. The minimum Gasteiger partial charge on any atom is -0.489 e. The molecule has 2 saturated carbocycles. The first-order valence-corrected chi connectivity index (χ1v) is 11.5. The molecule has 0 unspecified atom stereocenters. The number of aliphatic carboxylic acids is 1. The quantitative estimate of drug-likeness (QED) is 0.548. The molecule has 174 valence electrons. The molecule has 3 aromatic rings. The third kappa shape index (κ3) is 4.89. The van der Waals surface area contributed by atoms with Crippen molar-refractivity contribution in [3.05, 3.63) is 35.2 Å². The van der Waals surface area contributed by atoms with Gasteiger partial charge < -0.3 is 14.4 Å². The third-order valence-corrected chi connectivity index (χ3v) is 6.49. The minimum atomic E-state index is -0.745. The van der Waals surface area contributed by atoms with Gasteiger partial charge in [0, 0.05) is 13.5 Å². The summed E-state index contributed by atoms with van der Waals surface area (Å²) in [7, 11) is 1.84. The van der Waals surface area contributed by atoms with Gasteiger partial charge >= 0.3 is 5.97 Å². The first-order chi connectivity index (χ1) is 16.0. The van der Waals surface area contributed by atoms with Crippen molar-refractivity contribution in [3.8, 4) is 17.1 Å². The van der Waals surface area contributed by atoms with E-state index in [0.717, 1.165) is 30.7 Å². The lowest BCUT2D eigenvalue weighted by Crippen LogP contribution is -2.29. The number of aryl methyl sites for hydroxylation is 2. The predicted octanol–water partition coefficient (Wildman–Crippen LogP) is 3.13. The molecule has 2 aliphatic carbocycles. The lowest BCUT2D eigenvalue weighted by Gasteiger charge is -2.27. The average molecular weight is 453 g/mol. The van der Waals surface area contributed by atoms with Crippen LogP contribution in [-0.4, -0.2) is 47.3 Å². The molecule has 0 saturated heterocycles. The molecule has 0 amide bonds. The number of rotatable bonds is 8. The van der Waals surface area contributed by atoms with Crippen molar-refractivity contribution in [1.82, 2.24) is 30.1 Å². The standard InChI is InChI=1S/C23H28N6O4/c1-13-19(32-16-5-3-4-15(11-16)23(30)31)9-8-17(24-13)22-18(29(2)28-26-22)12-20-25-21(33-27-20)10-14-6-7-14/h8-9,14-16H,3-7,10-12H2,1-2H3,(H,30,31)/t15-,16-/m0/s1. The van der Waals surface area contributed by atoms with E-state index in [0.29, 0.717) is 54.0 Å². The summed E-state index contributed by atoms with van der Waals surface area (Å²) in [4.78, 5) is 20.6. The predicted molar refractivity (Wildman–Crippen MR) is 117 cm³/mol. The minimum absolute atomic E-state index is 0.110. The Hall–Kier alpha value is -3.30. The maximum atomic E-state index is 11.3. The molecule has 0 spiro atoms. The summed E-state index contributed by atoms with van der Waals surface area (Å²) in [5.74, 6) is 1.57. The van der Waals surface area contributed by atoms with Crippen LogP contribution in [0.2, 0.25) is 0 Å². The van der Waals surface area contributed by atoms with Crippen molar-refractivity contribution >= 4 is 5.97 Å². The fourth-order valence-corrected chi connectivity index (χ4v) is 4.40. The van der Waals surface area contributed by atoms with Crippen molar-refractivity contribution in [2.45, 2.75) is 64.4 Å². The van der Waals surface area contributed by atoms with E-state index in [-0.39, 0.29) is 12.0 Å². The van der Waals surface area contributed by atoms with Crippen molar-refractivity contribution < 1.29 is 19.2 Å². The summed E-state index contributed by atoms with van der Waals surface area (Å²) in [6, 6.07) is 3.74. The topological polar surface area (TPSA) is 129 Å². The number of carboxylic acids is 1. The van der Waals surface area contributed by atoms with E-state index in [1.165, 1.54) is 12.8 Å². The fourth-order valence-electron chi connectivity index (χ4n) is 4.40. The number of pyridine rings is 1. The summed E-state index contributed by atoms with van der Waals surface area (Å²) in [6.07, 6.45) is 6.60. The number of carboxylic acid groups (broad SMARTS) is 1. The number of hydrogen-bond donors (Lipinski definition) is 1. The Kier molecular flexibility index (Phi) is 5.82. The maximum absolute atomic E-state index is 11.3. The van der Waals surface area contributed by atoms with Crippen LogP contribution in [-0.2, 0) is 24.7 Å². The number of nitrogens with zero attached hydrogens (tertiary/aromatic N) is 6. The second kappa shape index (κ2) is 8.92. The summed E-state index contributed by atoms with van der Waals surface area (Å²) in [5, 5.41) is 21.9. The molecule has 1 N–H and O–H groups in total. The monoisotopic (exact) mass is 452 g/mol. The molecule has 3 aromatic heterocycles. The van der Waals surface area contributed by atoms with Crippen LogP contribution in [0.3, 0.4) is 0 Å². The molecule has 0 aromatic carbocycles. The van der Waals surface area contributed by atoms with Gasteiger partial charge in [0.15, 0.2) is 5.82 Å². The molecule has 2 aliphatic rings. The summed E-state index contributed by atoms with van der Waals surface area (Å²) in [5.41, 5.74) is 2.94. The van der Waals surface area contributed by atoms with Gasteiger partial charge in [-0.15, -0.1) is 5.10 Å². The molecule has 2 atom stereocenters. The molecule has 0 bridgehead atoms. The van der Waals surface area contributed by atoms with Gasteiger partial charge in [-0.25, -0.2) is 4.98 Å². The lowest BCUT2D eigenvalue weighted by molar-refractivity contribution is -0.143. The van der Waals surface area contributed by atoms with Crippen LogP contribution in [0, 0.1) is 18.8 Å². The second-order valence-electron chi connectivity index (χ2n) is 9.16. The van der Waals surface area contributed by atoms with Gasteiger partial charge in [-0.3, -0.25) is 9.48 Å². The average Bonchev–Trinajstić information content (AvgIpc) is 3.39. The van der Waals surface area contributed by atoms with E-state index in [1.54, 1.807) is 4.68 Å². The molecule has 0 aliphatic heterocycles. The highest BCUT2D eigenvalue weighted by molar-refractivity contribution is 5.70. The largest absolute Gasteiger partial charge is 0.489 e. The fraction of sp³-hybridized carbons (Fsp3) is 0.565. The van der Waals surface area contributed by atoms with E-state index >= 15 is 0 Å². The summed E-state index contributed by atoms with van der Waals surface area (Å²) in [6.45, 7) is 1.88. The number of carbonyl (C=O) groups is 1. The molecule has 10 heteroatoms. The molecular formula is C23H28N6O4. The van der Waals surface area contributed by atoms with Gasteiger partial charge in [-0.1, -0.05) is 10.4 Å². The Morgan fingerprint density at radius 2 is 2.09 bits per heavy atom. The first-order valence-electron chi connectivity index (χ1n) is 11.5. The Balaban J connectivity index is 1.31. The SMILES string of the molecule is Cc1nc(-c2nnn(C)c2Cc2noc(CC3CC3)n2)ccc1O[C@H]1CCC[C@H](C(=O)O)C1. The van der Waals surface area contributed by atoms with Gasteiger partial charge in [-0.2, -0.15) is 4.98 Å². The Morgan fingerprint density at radius 3 is 2.85 bits per heavy atom. The van der Waals surface area contributed by atoms with Gasteiger partial charge in [-0.05, 0) is 63.5 Å². The van der Waals surface area contributed by atoms with Crippen molar-refractivity contribution in [2.24, 2.45) is 18.9 Å². The van der Waals surface area contributed by atoms with Crippen LogP contribution in [0.5, 0.6) is 5.75 Å². The molecule has 2 fully saturated rings. The molecule has 3 heterocycles. The smallest absolute Gasteiger partial charge is 0.306 e. The van der Waals surface area contributed by atoms with Crippen molar-refractivity contribution in [1.29, 1.82) is 0 Å². The second-order valence-corrected chi connectivity index (χ2v) is 9.16. The lowest BCUT2D eigenvalue weighted by atomic mass is 9.87. The van der Waals surface area contributed by atoms with Gasteiger partial charge in [0.1, 0.15) is 11.4 Å². The third-order valence-electron chi connectivity index (χ3n) is 6.49. The van der Waals surface area contributed by atoms with Crippen LogP contribution in [0.1, 0.15) is 61.6 Å². The van der Waals surface area contributed by atoms with Crippen LogP contribution in [0.15, 0.2) is 16.7 Å². The van der Waals surface area contributed by atoms with E-state index < -0.39 is 5.97 Å². The van der Waals surface area contributed by atoms with Gasteiger partial charge in [0.2, 0.25) is 5.89 Å². The zero-order valence-corrected chi connectivity index (χ0v) is 18.9. The Bertz CT molecular complexity index is 1150. The van der Waals surface area contributed by atoms with Crippen LogP contribution in [0.25, 0.3) is 11.4 Å². The Morgan fingerprint density at radius 1 is 1.24 bits per heavy atom.